The predicted octanol–water partition coefficient (Wildman–Crippen LogP) is 4.17. The van der Waals surface area contributed by atoms with E-state index in [9.17, 15) is 19.5 Å². The van der Waals surface area contributed by atoms with Gasteiger partial charge in [0, 0.05) is 5.56 Å². The van der Waals surface area contributed by atoms with Crippen molar-refractivity contribution in [1.82, 2.24) is 4.98 Å². The second kappa shape index (κ2) is 8.39. The molecule has 1 unspecified atom stereocenters. The molecule has 1 saturated heterocycles. The number of esters is 1. The topological polar surface area (TPSA) is 96.8 Å². The molecule has 2 aromatic carbocycles. The van der Waals surface area contributed by atoms with Crippen LogP contribution in [0.5, 0.6) is 0 Å². The lowest BCUT2D eigenvalue weighted by molar-refractivity contribution is -0.132. The Morgan fingerprint density at radius 2 is 1.72 bits per heavy atom. The molecule has 1 atom stereocenters. The van der Waals surface area contributed by atoms with E-state index in [1.54, 1.807) is 43.3 Å². The van der Waals surface area contributed by atoms with E-state index in [0.29, 0.717) is 16.8 Å². The number of anilines is 1. The normalized spacial score (nSPS) is 17.6. The first-order valence-electron chi connectivity index (χ1n) is 9.82. The Kier molecular flexibility index (Phi) is 5.63. The second-order valence-electron chi connectivity index (χ2n) is 7.35. The Labute approximate surface area is 188 Å². The molecule has 0 spiro atoms. The van der Waals surface area contributed by atoms with Crippen LogP contribution >= 0.6 is 11.3 Å². The maximum Gasteiger partial charge on any atom is 0.350 e. The maximum absolute atomic E-state index is 13.1. The number of aromatic nitrogens is 1. The first-order valence-corrected chi connectivity index (χ1v) is 10.6. The molecular weight excluding hydrogens is 428 g/mol. The summed E-state index contributed by atoms with van der Waals surface area (Å²) in [7, 11) is 1.26. The van der Waals surface area contributed by atoms with Gasteiger partial charge in [0.25, 0.3) is 5.78 Å². The number of nitrogens with zero attached hydrogens (tertiary/aromatic N) is 2. The predicted molar refractivity (Wildman–Crippen MR) is 121 cm³/mol. The van der Waals surface area contributed by atoms with Crippen molar-refractivity contribution in [1.29, 1.82) is 0 Å². The van der Waals surface area contributed by atoms with Crippen LogP contribution in [0.15, 0.2) is 60.2 Å². The monoisotopic (exact) mass is 448 g/mol. The number of amides is 1. The molecule has 1 aliphatic rings. The van der Waals surface area contributed by atoms with Gasteiger partial charge in [-0.2, -0.15) is 0 Å². The third-order valence-corrected chi connectivity index (χ3v) is 6.38. The average Bonchev–Trinajstić information content (AvgIpc) is 3.31. The number of aliphatic hydroxyl groups is 1. The molecule has 1 fully saturated rings. The minimum absolute atomic E-state index is 0.0301. The summed E-state index contributed by atoms with van der Waals surface area (Å²) in [5.41, 5.74) is 2.42. The molecule has 0 saturated carbocycles. The second-order valence-corrected chi connectivity index (χ2v) is 8.33. The first kappa shape index (κ1) is 21.5. The molecule has 162 valence electrons. The Hall–Kier alpha value is -3.78. The minimum Gasteiger partial charge on any atom is -0.507 e. The number of ether oxygens (including phenoxy) is 1. The van der Waals surface area contributed by atoms with Crippen LogP contribution < -0.4 is 4.90 Å². The zero-order valence-corrected chi connectivity index (χ0v) is 18.5. The maximum atomic E-state index is 13.1. The van der Waals surface area contributed by atoms with Gasteiger partial charge in [-0.15, -0.1) is 0 Å². The Balaban J connectivity index is 1.92. The summed E-state index contributed by atoms with van der Waals surface area (Å²) in [6.45, 7) is 3.54. The number of Topliss-reactive ketones (excluding diaryl/α,β-unsaturated/α-hetero) is 1. The van der Waals surface area contributed by atoms with Gasteiger partial charge >= 0.3 is 11.9 Å². The quantitative estimate of drug-likeness (QED) is 0.278. The lowest BCUT2D eigenvalue weighted by Crippen LogP contribution is -2.29. The van der Waals surface area contributed by atoms with Gasteiger partial charge in [-0.1, -0.05) is 71.5 Å². The lowest BCUT2D eigenvalue weighted by atomic mass is 9.95. The SMILES string of the molecule is COC(=O)c1sc(N2C(=O)C(=O)/C(=C(\O)c3ccc(C)cc3)C2c2ccccc2)nc1C. The standard InChI is InChI=1S/C24H20N2O5S/c1-13-9-11-16(12-10-13)19(27)17-18(15-7-5-4-6-8-15)26(22(29)20(17)28)24-25-14(2)21(32-24)23(30)31-3/h4-12,18,27H,1-3H3/b19-17-. The van der Waals surface area contributed by atoms with Gasteiger partial charge in [-0.25, -0.2) is 9.78 Å². The highest BCUT2D eigenvalue weighted by molar-refractivity contribution is 7.17. The smallest absolute Gasteiger partial charge is 0.350 e. The van der Waals surface area contributed by atoms with Crippen LogP contribution in [0.25, 0.3) is 5.76 Å². The van der Waals surface area contributed by atoms with Crippen LogP contribution in [-0.2, 0) is 14.3 Å². The number of ketones is 1. The van der Waals surface area contributed by atoms with E-state index in [2.05, 4.69) is 4.98 Å². The van der Waals surface area contributed by atoms with Crippen molar-refractivity contribution in [2.24, 2.45) is 0 Å². The van der Waals surface area contributed by atoms with Crippen molar-refractivity contribution in [3.8, 4) is 0 Å². The Morgan fingerprint density at radius 1 is 1.06 bits per heavy atom. The van der Waals surface area contributed by atoms with E-state index in [1.165, 1.54) is 12.0 Å². The van der Waals surface area contributed by atoms with Crippen LogP contribution in [0.1, 0.15) is 38.1 Å². The summed E-state index contributed by atoms with van der Waals surface area (Å²) in [4.78, 5) is 44.2. The van der Waals surface area contributed by atoms with Crippen molar-refractivity contribution in [2.45, 2.75) is 19.9 Å². The van der Waals surface area contributed by atoms with Crippen molar-refractivity contribution in [2.75, 3.05) is 12.0 Å². The number of thiazole rings is 1. The third-order valence-electron chi connectivity index (χ3n) is 5.25. The summed E-state index contributed by atoms with van der Waals surface area (Å²) in [5.74, 6) is -2.47. The van der Waals surface area contributed by atoms with Crippen LogP contribution in [0.2, 0.25) is 0 Å². The third kappa shape index (κ3) is 3.58. The summed E-state index contributed by atoms with van der Waals surface area (Å²) >= 11 is 0.968. The van der Waals surface area contributed by atoms with E-state index in [1.807, 2.05) is 25.1 Å². The zero-order chi connectivity index (χ0) is 23.0. The fraction of sp³-hybridized carbons (Fsp3) is 0.167. The van der Waals surface area contributed by atoms with E-state index < -0.39 is 23.7 Å². The lowest BCUT2D eigenvalue weighted by Gasteiger charge is -2.23. The molecule has 2 heterocycles. The molecule has 0 radical (unpaired) electrons. The zero-order valence-electron chi connectivity index (χ0n) is 17.7. The number of hydrogen-bond donors (Lipinski definition) is 1. The van der Waals surface area contributed by atoms with Crippen molar-refractivity contribution >= 4 is 39.9 Å². The van der Waals surface area contributed by atoms with E-state index >= 15 is 0 Å². The number of methoxy groups -OCH3 is 1. The number of carbonyl (C=O) groups is 3. The molecule has 4 rings (SSSR count). The fourth-order valence-corrected chi connectivity index (χ4v) is 4.63. The van der Waals surface area contributed by atoms with Gasteiger partial charge in [-0.3, -0.25) is 14.5 Å². The molecule has 8 heteroatoms. The number of hydrogen-bond acceptors (Lipinski definition) is 7. The highest BCUT2D eigenvalue weighted by Gasteiger charge is 2.48. The molecule has 3 aromatic rings. The fourth-order valence-electron chi connectivity index (χ4n) is 3.61. The number of rotatable bonds is 4. The van der Waals surface area contributed by atoms with Gasteiger partial charge < -0.3 is 9.84 Å². The highest BCUT2D eigenvalue weighted by Crippen LogP contribution is 2.43. The van der Waals surface area contributed by atoms with E-state index in [4.69, 9.17) is 4.74 Å². The number of aryl methyl sites for hydroxylation is 2. The summed E-state index contributed by atoms with van der Waals surface area (Å²) in [5, 5.41) is 11.3. The molecule has 32 heavy (non-hydrogen) atoms. The van der Waals surface area contributed by atoms with Crippen LogP contribution in [0.4, 0.5) is 5.13 Å². The molecule has 1 N–H and O–H groups in total. The largest absolute Gasteiger partial charge is 0.507 e. The van der Waals surface area contributed by atoms with E-state index in [0.717, 1.165) is 16.9 Å². The molecule has 1 aliphatic heterocycles. The van der Waals surface area contributed by atoms with Gasteiger partial charge in [0.05, 0.1) is 24.4 Å². The summed E-state index contributed by atoms with van der Waals surface area (Å²) in [6.07, 6.45) is 0. The van der Waals surface area contributed by atoms with Crippen molar-refractivity contribution in [3.63, 3.8) is 0 Å². The first-order chi connectivity index (χ1) is 15.3. The summed E-state index contributed by atoms with van der Waals surface area (Å²) < 4.78 is 4.79. The molecule has 0 aliphatic carbocycles. The number of carbonyl (C=O) groups excluding carboxylic acids is 3. The van der Waals surface area contributed by atoms with Crippen LogP contribution in [0.3, 0.4) is 0 Å². The molecule has 7 nitrogen and oxygen atoms in total. The van der Waals surface area contributed by atoms with Crippen LogP contribution in [0, 0.1) is 13.8 Å². The molecular formula is C24H20N2O5S. The number of aliphatic hydroxyl groups excluding tert-OH is 1. The van der Waals surface area contributed by atoms with Gasteiger partial charge in [0.1, 0.15) is 10.6 Å². The minimum atomic E-state index is -0.895. The number of benzene rings is 2. The van der Waals surface area contributed by atoms with Crippen molar-refractivity contribution < 1.29 is 24.2 Å². The van der Waals surface area contributed by atoms with Gasteiger partial charge in [0.15, 0.2) is 5.13 Å². The van der Waals surface area contributed by atoms with Gasteiger partial charge in [0.2, 0.25) is 0 Å². The summed E-state index contributed by atoms with van der Waals surface area (Å²) in [6, 6.07) is 15.1. The molecule has 1 amide bonds. The molecule has 0 bridgehead atoms. The molecule has 1 aromatic heterocycles. The highest BCUT2D eigenvalue weighted by atomic mass is 32.1. The Bertz CT molecular complexity index is 1250. The Morgan fingerprint density at radius 3 is 2.34 bits per heavy atom. The van der Waals surface area contributed by atoms with Gasteiger partial charge in [-0.05, 0) is 19.4 Å². The van der Waals surface area contributed by atoms with Crippen LogP contribution in [-0.4, -0.2) is 34.9 Å². The van der Waals surface area contributed by atoms with E-state index in [-0.39, 0.29) is 21.3 Å². The van der Waals surface area contributed by atoms with Crippen molar-refractivity contribution in [3.05, 3.63) is 87.4 Å². The average molecular weight is 449 g/mol.